The van der Waals surface area contributed by atoms with Crippen LogP contribution in [-0.4, -0.2) is 57.2 Å². The number of halogens is 3. The fourth-order valence-corrected chi connectivity index (χ4v) is 1.65. The van der Waals surface area contributed by atoms with Gasteiger partial charge < -0.3 is 9.64 Å². The van der Waals surface area contributed by atoms with E-state index in [4.69, 9.17) is 0 Å². The number of alkyl halides is 3. The Hall–Kier alpha value is -2.65. The maximum atomic E-state index is 12.1. The second-order valence-electron chi connectivity index (χ2n) is 4.66. The van der Waals surface area contributed by atoms with Crippen LogP contribution in [0.25, 0.3) is 0 Å². The number of hydrogen-bond acceptors (Lipinski definition) is 5. The average Bonchev–Trinajstić information content (AvgIpc) is 3.03. The zero-order valence-electron chi connectivity index (χ0n) is 12.2. The Morgan fingerprint density at radius 3 is 2.70 bits per heavy atom. The van der Waals surface area contributed by atoms with Gasteiger partial charge in [-0.25, -0.2) is 0 Å². The van der Waals surface area contributed by atoms with E-state index in [2.05, 4.69) is 20.0 Å². The van der Waals surface area contributed by atoms with Gasteiger partial charge in [0.15, 0.2) is 12.3 Å². The number of carbonyl (C=O) groups is 1. The minimum Gasteiger partial charge on any atom is -0.467 e. The van der Waals surface area contributed by atoms with Crippen LogP contribution in [0.2, 0.25) is 0 Å². The van der Waals surface area contributed by atoms with Crippen molar-refractivity contribution in [3.8, 4) is 5.88 Å². The van der Waals surface area contributed by atoms with E-state index in [1.54, 1.807) is 30.2 Å². The summed E-state index contributed by atoms with van der Waals surface area (Å²) < 4.78 is 42.1. The van der Waals surface area contributed by atoms with Crippen LogP contribution >= 0.6 is 0 Å². The molecule has 0 saturated heterocycles. The first-order chi connectivity index (χ1) is 10.8. The summed E-state index contributed by atoms with van der Waals surface area (Å²) in [5, 5.41) is 11.1. The highest BCUT2D eigenvalue weighted by Gasteiger charge is 2.28. The Balaban J connectivity index is 1.88. The Morgan fingerprint density at radius 2 is 2.13 bits per heavy atom. The fraction of sp³-hybridized carbons (Fsp3) is 0.385. The van der Waals surface area contributed by atoms with E-state index >= 15 is 0 Å². The first-order valence-corrected chi connectivity index (χ1v) is 6.61. The summed E-state index contributed by atoms with van der Waals surface area (Å²) in [6, 6.07) is 4.21. The molecule has 0 saturated carbocycles. The lowest BCUT2D eigenvalue weighted by molar-refractivity contribution is -0.154. The number of hydrogen-bond donors (Lipinski definition) is 0. The molecule has 1 amide bonds. The summed E-state index contributed by atoms with van der Waals surface area (Å²) in [6.07, 6.45) is -1.05. The Bertz CT molecular complexity index is 628. The van der Waals surface area contributed by atoms with Crippen LogP contribution in [0, 0.1) is 0 Å². The third kappa shape index (κ3) is 5.24. The van der Waals surface area contributed by atoms with Crippen LogP contribution in [-0.2, 0) is 6.54 Å². The molecule has 10 heteroatoms. The summed E-state index contributed by atoms with van der Waals surface area (Å²) in [5.74, 6) is -0.690. The first kappa shape index (κ1) is 16.7. The van der Waals surface area contributed by atoms with Gasteiger partial charge in [0.25, 0.3) is 5.91 Å². The van der Waals surface area contributed by atoms with Crippen molar-refractivity contribution in [2.24, 2.45) is 0 Å². The molecule has 0 radical (unpaired) electrons. The minimum atomic E-state index is -4.46. The Kier molecular flexibility index (Phi) is 5.14. The number of rotatable bonds is 6. The van der Waals surface area contributed by atoms with E-state index in [9.17, 15) is 18.0 Å². The standard InChI is InChI=1S/C13H14F3N5O2/c1-20(7-8-21-6-2-5-17-21)12(22)10-3-4-11(19-18-10)23-9-13(14,15)16/h2-6H,7-9H2,1H3. The molecule has 0 unspecified atom stereocenters. The quantitative estimate of drug-likeness (QED) is 0.801. The van der Waals surface area contributed by atoms with Crippen LogP contribution in [0.5, 0.6) is 5.88 Å². The number of nitrogens with zero attached hydrogens (tertiary/aromatic N) is 5. The second-order valence-corrected chi connectivity index (χ2v) is 4.66. The van der Waals surface area contributed by atoms with Crippen LogP contribution in [0.1, 0.15) is 10.5 Å². The number of ether oxygens (including phenoxy) is 1. The molecule has 7 nitrogen and oxygen atoms in total. The molecular weight excluding hydrogens is 315 g/mol. The lowest BCUT2D eigenvalue weighted by Gasteiger charge is -2.16. The van der Waals surface area contributed by atoms with Crippen LogP contribution in [0.4, 0.5) is 13.2 Å². The van der Waals surface area contributed by atoms with Gasteiger partial charge >= 0.3 is 6.18 Å². The van der Waals surface area contributed by atoms with Crippen molar-refractivity contribution in [1.82, 2.24) is 24.9 Å². The van der Waals surface area contributed by atoms with Gasteiger partial charge in [-0.2, -0.15) is 18.3 Å². The van der Waals surface area contributed by atoms with Gasteiger partial charge in [-0.05, 0) is 12.1 Å². The lowest BCUT2D eigenvalue weighted by Crippen LogP contribution is -2.31. The molecule has 2 aromatic rings. The summed E-state index contributed by atoms with van der Waals surface area (Å²) in [7, 11) is 1.58. The smallest absolute Gasteiger partial charge is 0.422 e. The molecule has 0 aromatic carbocycles. The molecule has 2 rings (SSSR count). The second kappa shape index (κ2) is 7.07. The Labute approximate surface area is 129 Å². The Morgan fingerprint density at radius 1 is 1.35 bits per heavy atom. The summed E-state index contributed by atoms with van der Waals surface area (Å²) in [4.78, 5) is 13.5. The predicted molar refractivity (Wildman–Crippen MR) is 72.8 cm³/mol. The van der Waals surface area contributed by atoms with Gasteiger partial charge in [-0.3, -0.25) is 9.48 Å². The van der Waals surface area contributed by atoms with Crippen molar-refractivity contribution in [2.45, 2.75) is 12.7 Å². The molecule has 0 aliphatic heterocycles. The molecule has 2 aromatic heterocycles. The molecular formula is C13H14F3N5O2. The summed E-state index contributed by atoms with van der Waals surface area (Å²) in [5.41, 5.74) is 0.0207. The van der Waals surface area contributed by atoms with Gasteiger partial charge in [0, 0.05) is 32.1 Å². The van der Waals surface area contributed by atoms with Crippen molar-refractivity contribution < 1.29 is 22.7 Å². The van der Waals surface area contributed by atoms with Crippen molar-refractivity contribution in [2.75, 3.05) is 20.2 Å². The largest absolute Gasteiger partial charge is 0.467 e. The topological polar surface area (TPSA) is 73.1 Å². The molecule has 23 heavy (non-hydrogen) atoms. The predicted octanol–water partition coefficient (Wildman–Crippen LogP) is 1.39. The normalized spacial score (nSPS) is 11.3. The van der Waals surface area contributed by atoms with Crippen molar-refractivity contribution in [3.05, 3.63) is 36.3 Å². The number of likely N-dealkylation sites (N-methyl/N-ethyl adjacent to an activating group) is 1. The van der Waals surface area contributed by atoms with Gasteiger partial charge in [-0.1, -0.05) is 0 Å². The highest BCUT2D eigenvalue weighted by molar-refractivity contribution is 5.91. The summed E-state index contributed by atoms with van der Waals surface area (Å²) in [6.45, 7) is -0.553. The molecule has 0 spiro atoms. The zero-order valence-corrected chi connectivity index (χ0v) is 12.2. The van der Waals surface area contributed by atoms with Crippen LogP contribution in [0.3, 0.4) is 0 Å². The molecule has 0 bridgehead atoms. The zero-order chi connectivity index (χ0) is 16.9. The van der Waals surface area contributed by atoms with Crippen molar-refractivity contribution >= 4 is 5.91 Å². The van der Waals surface area contributed by atoms with Crippen molar-refractivity contribution in [1.29, 1.82) is 0 Å². The van der Waals surface area contributed by atoms with E-state index in [-0.39, 0.29) is 11.6 Å². The van der Waals surface area contributed by atoms with Gasteiger partial charge in [0.2, 0.25) is 5.88 Å². The maximum absolute atomic E-state index is 12.1. The van der Waals surface area contributed by atoms with E-state index in [1.807, 2.05) is 0 Å². The number of carbonyl (C=O) groups excluding carboxylic acids is 1. The van der Waals surface area contributed by atoms with Gasteiger partial charge in [0.1, 0.15) is 0 Å². The average molecular weight is 329 g/mol. The third-order valence-electron chi connectivity index (χ3n) is 2.81. The highest BCUT2D eigenvalue weighted by Crippen LogP contribution is 2.16. The van der Waals surface area contributed by atoms with Gasteiger partial charge in [0.05, 0.1) is 6.54 Å². The lowest BCUT2D eigenvalue weighted by atomic mass is 10.3. The monoisotopic (exact) mass is 329 g/mol. The molecule has 124 valence electrons. The molecule has 2 heterocycles. The molecule has 0 atom stereocenters. The molecule has 0 N–H and O–H groups in total. The van der Waals surface area contributed by atoms with E-state index in [1.165, 1.54) is 17.0 Å². The third-order valence-corrected chi connectivity index (χ3v) is 2.81. The van der Waals surface area contributed by atoms with Crippen molar-refractivity contribution in [3.63, 3.8) is 0 Å². The molecule has 0 fully saturated rings. The van der Waals surface area contributed by atoms with E-state index in [0.717, 1.165) is 0 Å². The fourth-order valence-electron chi connectivity index (χ4n) is 1.65. The number of aromatic nitrogens is 4. The SMILES string of the molecule is CN(CCn1cccn1)C(=O)c1ccc(OCC(F)(F)F)nn1. The minimum absolute atomic E-state index is 0.0207. The first-order valence-electron chi connectivity index (χ1n) is 6.61. The maximum Gasteiger partial charge on any atom is 0.422 e. The van der Waals surface area contributed by atoms with Crippen LogP contribution < -0.4 is 4.74 Å². The molecule has 0 aliphatic carbocycles. The highest BCUT2D eigenvalue weighted by atomic mass is 19.4. The van der Waals surface area contributed by atoms with Crippen LogP contribution in [0.15, 0.2) is 30.6 Å². The number of amides is 1. The van der Waals surface area contributed by atoms with E-state index < -0.39 is 18.7 Å². The van der Waals surface area contributed by atoms with E-state index in [0.29, 0.717) is 13.1 Å². The summed E-state index contributed by atoms with van der Waals surface area (Å²) >= 11 is 0. The van der Waals surface area contributed by atoms with Gasteiger partial charge in [-0.15, -0.1) is 10.2 Å². The molecule has 0 aliphatic rings.